The van der Waals surface area contributed by atoms with Crippen molar-refractivity contribution in [1.29, 1.82) is 0 Å². The van der Waals surface area contributed by atoms with Gasteiger partial charge in [0.15, 0.2) is 0 Å². The van der Waals surface area contributed by atoms with Gasteiger partial charge < -0.3 is 10.6 Å². The molecule has 0 unspecified atom stereocenters. The summed E-state index contributed by atoms with van der Waals surface area (Å²) >= 11 is 0. The van der Waals surface area contributed by atoms with Gasteiger partial charge in [-0.25, -0.2) is 0 Å². The number of carbonyl (C=O) groups excluding carboxylic acids is 1. The van der Waals surface area contributed by atoms with Crippen LogP contribution in [0.1, 0.15) is 27.7 Å². The Kier molecular flexibility index (Phi) is 4.33. The summed E-state index contributed by atoms with van der Waals surface area (Å²) in [4.78, 5) is 16.0. The average Bonchev–Trinajstić information content (AvgIpc) is 2.06. The van der Waals surface area contributed by atoms with Crippen molar-refractivity contribution in [2.45, 2.75) is 33.2 Å². The Labute approximate surface area is 98.8 Å². The van der Waals surface area contributed by atoms with E-state index in [0.717, 1.165) is 26.2 Å². The lowest BCUT2D eigenvalue weighted by Crippen LogP contribution is -2.55. The van der Waals surface area contributed by atoms with E-state index in [0.29, 0.717) is 12.5 Å². The molecule has 0 bridgehead atoms. The molecule has 1 amide bonds. The van der Waals surface area contributed by atoms with Gasteiger partial charge in [-0.3, -0.25) is 9.69 Å². The maximum Gasteiger partial charge on any atom is 0.236 e. The van der Waals surface area contributed by atoms with E-state index in [1.807, 2.05) is 18.7 Å². The number of amides is 1. The van der Waals surface area contributed by atoms with E-state index in [2.05, 4.69) is 18.7 Å². The molecular weight excluding hydrogens is 202 g/mol. The SMILES string of the molecule is CC(C)CN1CCN(CC(C)(C)N)CC1=O. The fourth-order valence-electron chi connectivity index (χ4n) is 2.10. The molecule has 0 spiro atoms. The van der Waals surface area contributed by atoms with Crippen molar-refractivity contribution in [3.8, 4) is 0 Å². The molecule has 2 N–H and O–H groups in total. The highest BCUT2D eigenvalue weighted by atomic mass is 16.2. The summed E-state index contributed by atoms with van der Waals surface area (Å²) in [5.74, 6) is 0.783. The highest BCUT2D eigenvalue weighted by molar-refractivity contribution is 5.79. The first kappa shape index (κ1) is 13.5. The maximum absolute atomic E-state index is 11.9. The van der Waals surface area contributed by atoms with Crippen molar-refractivity contribution in [2.24, 2.45) is 11.7 Å². The van der Waals surface area contributed by atoms with Crippen molar-refractivity contribution in [3.63, 3.8) is 0 Å². The van der Waals surface area contributed by atoms with Gasteiger partial charge in [-0.05, 0) is 19.8 Å². The van der Waals surface area contributed by atoms with Crippen LogP contribution < -0.4 is 5.73 Å². The molecule has 0 radical (unpaired) electrons. The zero-order chi connectivity index (χ0) is 12.3. The van der Waals surface area contributed by atoms with E-state index in [1.165, 1.54) is 0 Å². The van der Waals surface area contributed by atoms with Crippen LogP contribution in [-0.4, -0.2) is 54.0 Å². The van der Waals surface area contributed by atoms with Crippen LogP contribution in [0.5, 0.6) is 0 Å². The largest absolute Gasteiger partial charge is 0.340 e. The lowest BCUT2D eigenvalue weighted by molar-refractivity contribution is -0.136. The monoisotopic (exact) mass is 227 g/mol. The third-order valence-corrected chi connectivity index (χ3v) is 2.61. The quantitative estimate of drug-likeness (QED) is 0.762. The molecule has 1 heterocycles. The second-order valence-electron chi connectivity index (χ2n) is 5.93. The molecule has 1 fully saturated rings. The molecule has 0 aliphatic carbocycles. The first-order valence-corrected chi connectivity index (χ1v) is 6.07. The molecule has 1 aliphatic rings. The Hall–Kier alpha value is -0.610. The van der Waals surface area contributed by atoms with Crippen LogP contribution in [0.2, 0.25) is 0 Å². The van der Waals surface area contributed by atoms with Crippen molar-refractivity contribution in [1.82, 2.24) is 9.80 Å². The van der Waals surface area contributed by atoms with E-state index in [4.69, 9.17) is 5.73 Å². The van der Waals surface area contributed by atoms with Crippen LogP contribution in [0.3, 0.4) is 0 Å². The van der Waals surface area contributed by atoms with Crippen molar-refractivity contribution in [2.75, 3.05) is 32.7 Å². The fourth-order valence-corrected chi connectivity index (χ4v) is 2.10. The van der Waals surface area contributed by atoms with Gasteiger partial charge in [0.05, 0.1) is 6.54 Å². The number of nitrogens with two attached hydrogens (primary N) is 1. The van der Waals surface area contributed by atoms with Crippen LogP contribution in [0.25, 0.3) is 0 Å². The van der Waals surface area contributed by atoms with Gasteiger partial charge in [0.1, 0.15) is 0 Å². The molecule has 94 valence electrons. The predicted molar refractivity (Wildman–Crippen MR) is 66.1 cm³/mol. The number of hydrogen-bond acceptors (Lipinski definition) is 3. The molecule has 0 aromatic heterocycles. The first-order valence-electron chi connectivity index (χ1n) is 6.07. The number of nitrogens with zero attached hydrogens (tertiary/aromatic N) is 2. The first-order chi connectivity index (χ1) is 7.28. The van der Waals surface area contributed by atoms with Gasteiger partial charge in [0.25, 0.3) is 0 Å². The smallest absolute Gasteiger partial charge is 0.236 e. The molecule has 0 aromatic rings. The molecule has 4 nitrogen and oxygen atoms in total. The summed E-state index contributed by atoms with van der Waals surface area (Å²) in [6.07, 6.45) is 0. The third kappa shape index (κ3) is 4.49. The third-order valence-electron chi connectivity index (χ3n) is 2.61. The molecule has 1 aliphatic heterocycles. The Morgan fingerprint density at radius 3 is 2.44 bits per heavy atom. The standard InChI is InChI=1S/C12H25N3O/c1-10(2)7-15-6-5-14(8-11(15)16)9-12(3,4)13/h10H,5-9,13H2,1-4H3. The topological polar surface area (TPSA) is 49.6 Å². The summed E-state index contributed by atoms with van der Waals surface area (Å²) in [6.45, 7) is 12.2. The number of rotatable bonds is 4. The highest BCUT2D eigenvalue weighted by Crippen LogP contribution is 2.09. The lowest BCUT2D eigenvalue weighted by Gasteiger charge is -2.37. The van der Waals surface area contributed by atoms with E-state index < -0.39 is 0 Å². The van der Waals surface area contributed by atoms with Gasteiger partial charge in [-0.1, -0.05) is 13.8 Å². The van der Waals surface area contributed by atoms with E-state index in [1.54, 1.807) is 0 Å². The van der Waals surface area contributed by atoms with E-state index >= 15 is 0 Å². The van der Waals surface area contributed by atoms with Crippen molar-refractivity contribution in [3.05, 3.63) is 0 Å². The second kappa shape index (κ2) is 5.15. The molecule has 1 saturated heterocycles. The summed E-state index contributed by atoms with van der Waals surface area (Å²) in [5, 5.41) is 0. The molecule has 0 aromatic carbocycles. The van der Waals surface area contributed by atoms with Crippen LogP contribution in [-0.2, 0) is 4.79 Å². The molecule has 0 atom stereocenters. The van der Waals surface area contributed by atoms with Gasteiger partial charge in [0.2, 0.25) is 5.91 Å². The lowest BCUT2D eigenvalue weighted by atomic mass is 10.1. The average molecular weight is 227 g/mol. The second-order valence-corrected chi connectivity index (χ2v) is 5.93. The highest BCUT2D eigenvalue weighted by Gasteiger charge is 2.26. The van der Waals surface area contributed by atoms with Crippen LogP contribution >= 0.6 is 0 Å². The van der Waals surface area contributed by atoms with Crippen LogP contribution in [0.15, 0.2) is 0 Å². The fraction of sp³-hybridized carbons (Fsp3) is 0.917. The minimum absolute atomic E-state index is 0.222. The number of hydrogen-bond donors (Lipinski definition) is 1. The summed E-state index contributed by atoms with van der Waals surface area (Å²) in [5.41, 5.74) is 5.74. The van der Waals surface area contributed by atoms with Gasteiger partial charge in [-0.15, -0.1) is 0 Å². The van der Waals surface area contributed by atoms with Crippen molar-refractivity contribution >= 4 is 5.91 Å². The van der Waals surface area contributed by atoms with Gasteiger partial charge >= 0.3 is 0 Å². The zero-order valence-corrected chi connectivity index (χ0v) is 11.0. The maximum atomic E-state index is 11.9. The van der Waals surface area contributed by atoms with E-state index in [9.17, 15) is 4.79 Å². The predicted octanol–water partition coefficient (Wildman–Crippen LogP) is 0.524. The minimum Gasteiger partial charge on any atom is -0.340 e. The van der Waals surface area contributed by atoms with Crippen LogP contribution in [0.4, 0.5) is 0 Å². The Morgan fingerprint density at radius 2 is 2.00 bits per heavy atom. The Balaban J connectivity index is 2.43. The number of piperazine rings is 1. The van der Waals surface area contributed by atoms with Gasteiger partial charge in [0, 0.05) is 31.7 Å². The van der Waals surface area contributed by atoms with E-state index in [-0.39, 0.29) is 11.4 Å². The Morgan fingerprint density at radius 1 is 1.38 bits per heavy atom. The summed E-state index contributed by atoms with van der Waals surface area (Å²) in [6, 6.07) is 0. The normalized spacial score (nSPS) is 19.6. The summed E-state index contributed by atoms with van der Waals surface area (Å²) in [7, 11) is 0. The number of carbonyl (C=O) groups is 1. The Bertz CT molecular complexity index is 245. The van der Waals surface area contributed by atoms with Crippen molar-refractivity contribution < 1.29 is 4.79 Å². The minimum atomic E-state index is -0.222. The van der Waals surface area contributed by atoms with Gasteiger partial charge in [-0.2, -0.15) is 0 Å². The summed E-state index contributed by atoms with van der Waals surface area (Å²) < 4.78 is 0. The molecular formula is C12H25N3O. The molecule has 16 heavy (non-hydrogen) atoms. The zero-order valence-electron chi connectivity index (χ0n) is 11.0. The van der Waals surface area contributed by atoms with Crippen LogP contribution in [0, 0.1) is 5.92 Å². The molecule has 4 heteroatoms. The molecule has 1 rings (SSSR count). The molecule has 0 saturated carbocycles.